The monoisotopic (exact) mass is 239 g/mol. The lowest BCUT2D eigenvalue weighted by Gasteiger charge is -2.25. The normalized spacial score (nSPS) is 25.1. The first-order valence-electron chi connectivity index (χ1n) is 5.59. The molecule has 4 heteroatoms. The Kier molecular flexibility index (Phi) is 3.30. The molecule has 88 valence electrons. The van der Waals surface area contributed by atoms with E-state index in [0.717, 1.165) is 24.1 Å². The van der Waals surface area contributed by atoms with Gasteiger partial charge in [0.1, 0.15) is 0 Å². The number of nitrogens with zero attached hydrogens (tertiary/aromatic N) is 1. The minimum Gasteiger partial charge on any atom is -0.394 e. The summed E-state index contributed by atoms with van der Waals surface area (Å²) in [5.74, 6) is 0.468. The Hall–Kier alpha value is -0.870. The van der Waals surface area contributed by atoms with Crippen LogP contribution < -0.4 is 0 Å². The molecule has 1 aliphatic rings. The number of amides is 1. The third-order valence-corrected chi connectivity index (χ3v) is 4.28. The highest BCUT2D eigenvalue weighted by molar-refractivity contribution is 7.08. The second kappa shape index (κ2) is 4.55. The topological polar surface area (TPSA) is 40.5 Å². The van der Waals surface area contributed by atoms with Gasteiger partial charge in [0.25, 0.3) is 5.91 Å². The molecule has 2 heterocycles. The summed E-state index contributed by atoms with van der Waals surface area (Å²) in [6.45, 7) is 4.88. The zero-order valence-corrected chi connectivity index (χ0v) is 10.5. The molecule has 1 N–H and O–H groups in total. The summed E-state index contributed by atoms with van der Waals surface area (Å²) in [7, 11) is 0. The van der Waals surface area contributed by atoms with Crippen LogP contribution in [-0.2, 0) is 0 Å². The van der Waals surface area contributed by atoms with E-state index >= 15 is 0 Å². The average Bonchev–Trinajstić information content (AvgIpc) is 2.83. The van der Waals surface area contributed by atoms with Crippen molar-refractivity contribution in [1.29, 1.82) is 0 Å². The predicted molar refractivity (Wildman–Crippen MR) is 64.7 cm³/mol. The second-order valence-electron chi connectivity index (χ2n) is 4.48. The van der Waals surface area contributed by atoms with E-state index in [-0.39, 0.29) is 18.6 Å². The Bertz CT molecular complexity index is 388. The summed E-state index contributed by atoms with van der Waals surface area (Å²) in [5, 5.41) is 13.2. The van der Waals surface area contributed by atoms with Gasteiger partial charge in [0.05, 0.1) is 18.2 Å². The summed E-state index contributed by atoms with van der Waals surface area (Å²) in [6.07, 6.45) is 0.986. The predicted octanol–water partition coefficient (Wildman–Crippen LogP) is 1.90. The summed E-state index contributed by atoms with van der Waals surface area (Å²) < 4.78 is 0. The highest BCUT2D eigenvalue weighted by Crippen LogP contribution is 2.26. The number of carbonyl (C=O) groups is 1. The lowest BCUT2D eigenvalue weighted by molar-refractivity contribution is 0.0648. The van der Waals surface area contributed by atoms with Gasteiger partial charge in [-0.2, -0.15) is 11.3 Å². The van der Waals surface area contributed by atoms with Crippen LogP contribution >= 0.6 is 11.3 Å². The van der Waals surface area contributed by atoms with Crippen molar-refractivity contribution in [2.24, 2.45) is 5.92 Å². The molecule has 2 rings (SSSR count). The number of likely N-dealkylation sites (tertiary alicyclic amines) is 1. The first-order valence-corrected chi connectivity index (χ1v) is 6.54. The van der Waals surface area contributed by atoms with Gasteiger partial charge in [-0.05, 0) is 30.2 Å². The van der Waals surface area contributed by atoms with Crippen molar-refractivity contribution in [3.8, 4) is 0 Å². The molecule has 0 saturated carbocycles. The first kappa shape index (κ1) is 11.6. The van der Waals surface area contributed by atoms with Crippen LogP contribution in [0.1, 0.15) is 29.3 Å². The molecule has 1 fully saturated rings. The molecule has 2 atom stereocenters. The van der Waals surface area contributed by atoms with Crippen molar-refractivity contribution in [1.82, 2.24) is 4.90 Å². The van der Waals surface area contributed by atoms with Gasteiger partial charge in [0.15, 0.2) is 0 Å². The molecule has 0 spiro atoms. The van der Waals surface area contributed by atoms with Gasteiger partial charge in [0.2, 0.25) is 0 Å². The third kappa shape index (κ3) is 1.87. The molecule has 16 heavy (non-hydrogen) atoms. The fraction of sp³-hybridized carbons (Fsp3) is 0.583. The first-order chi connectivity index (χ1) is 7.65. The minimum absolute atomic E-state index is 0.00759. The maximum absolute atomic E-state index is 12.3. The van der Waals surface area contributed by atoms with Crippen molar-refractivity contribution < 1.29 is 9.90 Å². The Labute approximate surface area is 99.7 Å². The van der Waals surface area contributed by atoms with E-state index < -0.39 is 0 Å². The summed E-state index contributed by atoms with van der Waals surface area (Å²) in [5.41, 5.74) is 1.82. The highest BCUT2D eigenvalue weighted by atomic mass is 32.1. The Balaban J connectivity index is 2.20. The fourth-order valence-electron chi connectivity index (χ4n) is 2.27. The van der Waals surface area contributed by atoms with Crippen molar-refractivity contribution in [3.63, 3.8) is 0 Å². The van der Waals surface area contributed by atoms with E-state index in [1.807, 2.05) is 22.6 Å². The molecule has 1 aromatic rings. The maximum Gasteiger partial charge on any atom is 0.255 e. The Morgan fingerprint density at radius 1 is 1.62 bits per heavy atom. The molecule has 2 unspecified atom stereocenters. The second-order valence-corrected chi connectivity index (χ2v) is 5.23. The lowest BCUT2D eigenvalue weighted by atomic mass is 10.0. The van der Waals surface area contributed by atoms with Crippen molar-refractivity contribution >= 4 is 17.2 Å². The van der Waals surface area contributed by atoms with Gasteiger partial charge in [0, 0.05) is 11.9 Å². The van der Waals surface area contributed by atoms with E-state index in [4.69, 9.17) is 0 Å². The van der Waals surface area contributed by atoms with Gasteiger partial charge >= 0.3 is 0 Å². The molecule has 1 amide bonds. The van der Waals surface area contributed by atoms with Gasteiger partial charge in [-0.25, -0.2) is 0 Å². The molecule has 3 nitrogen and oxygen atoms in total. The van der Waals surface area contributed by atoms with Gasteiger partial charge in [-0.3, -0.25) is 4.79 Å². The summed E-state index contributed by atoms with van der Waals surface area (Å²) in [6, 6.07) is -0.00759. The van der Waals surface area contributed by atoms with Crippen LogP contribution in [0.4, 0.5) is 0 Å². The van der Waals surface area contributed by atoms with Crippen LogP contribution in [0.2, 0.25) is 0 Å². The molecule has 0 aliphatic carbocycles. The number of rotatable bonds is 2. The van der Waals surface area contributed by atoms with Gasteiger partial charge in [-0.1, -0.05) is 6.92 Å². The fourth-order valence-corrected chi connectivity index (χ4v) is 3.10. The molecule has 1 saturated heterocycles. The largest absolute Gasteiger partial charge is 0.394 e. The third-order valence-electron chi connectivity index (χ3n) is 3.42. The van der Waals surface area contributed by atoms with Crippen LogP contribution in [0, 0.1) is 12.8 Å². The molecular formula is C12H17NO2S. The number of carbonyl (C=O) groups excluding carboxylic acids is 1. The minimum atomic E-state index is -0.00759. The van der Waals surface area contributed by atoms with E-state index in [1.165, 1.54) is 0 Å². The molecule has 0 aromatic carbocycles. The number of hydrogen-bond acceptors (Lipinski definition) is 3. The SMILES string of the molecule is Cc1cscc1C(=O)N1CCC(C)C1CO. The molecule has 0 radical (unpaired) electrons. The molecule has 1 aromatic heterocycles. The zero-order valence-electron chi connectivity index (χ0n) is 9.64. The van der Waals surface area contributed by atoms with E-state index in [2.05, 4.69) is 6.92 Å². The van der Waals surface area contributed by atoms with Crippen molar-refractivity contribution in [2.45, 2.75) is 26.3 Å². The van der Waals surface area contributed by atoms with E-state index in [1.54, 1.807) is 11.3 Å². The number of aryl methyl sites for hydroxylation is 1. The maximum atomic E-state index is 12.3. The lowest BCUT2D eigenvalue weighted by Crippen LogP contribution is -2.39. The number of thiophene rings is 1. The van der Waals surface area contributed by atoms with Crippen molar-refractivity contribution in [3.05, 3.63) is 21.9 Å². The number of aliphatic hydroxyl groups is 1. The van der Waals surface area contributed by atoms with Crippen LogP contribution in [0.3, 0.4) is 0 Å². The zero-order chi connectivity index (χ0) is 11.7. The quantitative estimate of drug-likeness (QED) is 0.856. The van der Waals surface area contributed by atoms with Gasteiger partial charge < -0.3 is 10.0 Å². The molecule has 1 aliphatic heterocycles. The van der Waals surface area contributed by atoms with Crippen LogP contribution in [0.15, 0.2) is 10.8 Å². The highest BCUT2D eigenvalue weighted by Gasteiger charge is 2.34. The van der Waals surface area contributed by atoms with Crippen LogP contribution in [-0.4, -0.2) is 35.1 Å². The van der Waals surface area contributed by atoms with Crippen LogP contribution in [0.25, 0.3) is 0 Å². The summed E-state index contributed by atoms with van der Waals surface area (Å²) >= 11 is 1.55. The standard InChI is InChI=1S/C12H17NO2S/c1-8-3-4-13(11(8)5-14)12(15)10-7-16-6-9(10)2/h6-8,11,14H,3-5H2,1-2H3. The molecule has 0 bridgehead atoms. The van der Waals surface area contributed by atoms with Gasteiger partial charge in [-0.15, -0.1) is 0 Å². The average molecular weight is 239 g/mol. The van der Waals surface area contributed by atoms with Crippen LogP contribution in [0.5, 0.6) is 0 Å². The number of aliphatic hydroxyl groups excluding tert-OH is 1. The number of hydrogen-bond donors (Lipinski definition) is 1. The van der Waals surface area contributed by atoms with E-state index in [9.17, 15) is 9.90 Å². The molecular weight excluding hydrogens is 222 g/mol. The summed E-state index contributed by atoms with van der Waals surface area (Å²) in [4.78, 5) is 14.1. The van der Waals surface area contributed by atoms with E-state index in [0.29, 0.717) is 5.92 Å². The Morgan fingerprint density at radius 2 is 2.38 bits per heavy atom. The smallest absolute Gasteiger partial charge is 0.255 e. The Morgan fingerprint density at radius 3 is 2.94 bits per heavy atom. The van der Waals surface area contributed by atoms with Crippen molar-refractivity contribution in [2.75, 3.05) is 13.2 Å².